The third-order valence-electron chi connectivity index (χ3n) is 9.92. The summed E-state index contributed by atoms with van der Waals surface area (Å²) in [6.07, 6.45) is 30.1. The fourth-order valence-electron chi connectivity index (χ4n) is 6.73. The number of ether oxygens (including phenoxy) is 2. The highest BCUT2D eigenvalue weighted by Crippen LogP contribution is 2.34. The normalized spacial score (nSPS) is 12.0. The second-order valence-corrected chi connectivity index (χ2v) is 14.1. The Morgan fingerprint density at radius 1 is 0.417 bits per heavy atom. The van der Waals surface area contributed by atoms with E-state index in [1.165, 1.54) is 156 Å². The van der Waals surface area contributed by atoms with E-state index in [4.69, 9.17) is 9.47 Å². The van der Waals surface area contributed by atoms with Crippen LogP contribution >= 0.6 is 0 Å². The summed E-state index contributed by atoms with van der Waals surface area (Å²) in [5.41, 5.74) is 6.22. The van der Waals surface area contributed by atoms with Crippen molar-refractivity contribution in [2.45, 2.75) is 168 Å². The fraction of sp³-hybridized carbons (Fsp3) is 0.609. The first-order chi connectivity index (χ1) is 23.7. The lowest BCUT2D eigenvalue weighted by atomic mass is 9.94. The number of hydrogen-bond donors (Lipinski definition) is 0. The van der Waals surface area contributed by atoms with E-state index in [2.05, 4.69) is 93.6 Å². The zero-order valence-electron chi connectivity index (χ0n) is 31.3. The second-order valence-electron chi connectivity index (χ2n) is 14.1. The van der Waals surface area contributed by atoms with Crippen LogP contribution in [-0.4, -0.2) is 13.2 Å². The quantitative estimate of drug-likeness (QED) is 0.0694. The molecule has 0 heterocycles. The molecule has 3 aromatic carbocycles. The van der Waals surface area contributed by atoms with Gasteiger partial charge in [-0.1, -0.05) is 203 Å². The van der Waals surface area contributed by atoms with Gasteiger partial charge in [0.2, 0.25) is 0 Å². The summed E-state index contributed by atoms with van der Waals surface area (Å²) in [4.78, 5) is 0. The number of unbranched alkanes of at least 4 members (excludes halogenated alkanes) is 20. The van der Waals surface area contributed by atoms with Crippen LogP contribution in [0, 0.1) is 0 Å². The van der Waals surface area contributed by atoms with Crippen LogP contribution in [0.3, 0.4) is 0 Å². The predicted molar refractivity (Wildman–Crippen MR) is 210 cm³/mol. The van der Waals surface area contributed by atoms with E-state index in [1.807, 2.05) is 0 Å². The number of benzene rings is 3. The van der Waals surface area contributed by atoms with E-state index in [0.29, 0.717) is 0 Å². The second kappa shape index (κ2) is 26.3. The van der Waals surface area contributed by atoms with Gasteiger partial charge in [0.15, 0.2) is 0 Å². The first-order valence-corrected chi connectivity index (χ1v) is 20.3. The Labute approximate surface area is 296 Å². The molecular weight excluding hydrogens is 585 g/mol. The lowest BCUT2D eigenvalue weighted by Gasteiger charge is -2.15. The standard InChI is InChI=1S/C46H70O2/c1-4-6-8-10-12-14-16-17-19-21-23-27-39-48-44-36-34-43(35-37-44)46-29-25-24-28-45(46)42-32-30-41(31-33-42)40(3)47-38-26-22-20-18-15-13-11-9-7-5-2/h24-25,28-37,40H,4-23,26-27,38-39H2,1-3H3. The fourth-order valence-corrected chi connectivity index (χ4v) is 6.73. The maximum Gasteiger partial charge on any atom is 0.119 e. The van der Waals surface area contributed by atoms with Crippen molar-refractivity contribution in [1.29, 1.82) is 0 Å². The van der Waals surface area contributed by atoms with Gasteiger partial charge in [0.05, 0.1) is 12.7 Å². The molecule has 0 aliphatic heterocycles. The topological polar surface area (TPSA) is 18.5 Å². The molecule has 0 aliphatic carbocycles. The van der Waals surface area contributed by atoms with Crippen molar-refractivity contribution in [2.75, 3.05) is 13.2 Å². The van der Waals surface area contributed by atoms with Crippen LogP contribution in [0.5, 0.6) is 5.75 Å². The minimum absolute atomic E-state index is 0.121. The maximum absolute atomic E-state index is 6.22. The summed E-state index contributed by atoms with van der Waals surface area (Å²) in [6.45, 7) is 8.41. The maximum atomic E-state index is 6.22. The highest BCUT2D eigenvalue weighted by molar-refractivity contribution is 5.83. The minimum Gasteiger partial charge on any atom is -0.494 e. The number of rotatable bonds is 29. The van der Waals surface area contributed by atoms with Gasteiger partial charge in [-0.15, -0.1) is 0 Å². The van der Waals surface area contributed by atoms with Crippen LogP contribution in [-0.2, 0) is 4.74 Å². The van der Waals surface area contributed by atoms with Crippen molar-refractivity contribution in [1.82, 2.24) is 0 Å². The molecule has 1 atom stereocenters. The van der Waals surface area contributed by atoms with Gasteiger partial charge in [-0.25, -0.2) is 0 Å². The molecule has 48 heavy (non-hydrogen) atoms. The smallest absolute Gasteiger partial charge is 0.119 e. The van der Waals surface area contributed by atoms with Gasteiger partial charge in [-0.2, -0.15) is 0 Å². The van der Waals surface area contributed by atoms with Crippen LogP contribution < -0.4 is 4.74 Å². The van der Waals surface area contributed by atoms with Gasteiger partial charge in [0.1, 0.15) is 5.75 Å². The molecule has 0 amide bonds. The zero-order chi connectivity index (χ0) is 33.9. The predicted octanol–water partition coefficient (Wildman–Crippen LogP) is 15.1. The first kappa shape index (κ1) is 39.9. The Bertz CT molecular complexity index is 1170. The Balaban J connectivity index is 1.33. The van der Waals surface area contributed by atoms with E-state index in [0.717, 1.165) is 31.8 Å². The molecule has 0 radical (unpaired) electrons. The lowest BCUT2D eigenvalue weighted by Crippen LogP contribution is -2.02. The molecular formula is C46H70O2. The molecule has 3 rings (SSSR count). The zero-order valence-corrected chi connectivity index (χ0v) is 31.3. The van der Waals surface area contributed by atoms with E-state index >= 15 is 0 Å². The average molecular weight is 655 g/mol. The van der Waals surface area contributed by atoms with Crippen molar-refractivity contribution < 1.29 is 9.47 Å². The molecule has 3 aromatic rings. The molecule has 266 valence electrons. The average Bonchev–Trinajstić information content (AvgIpc) is 3.13. The summed E-state index contributed by atoms with van der Waals surface area (Å²) in [5, 5.41) is 0. The van der Waals surface area contributed by atoms with Crippen LogP contribution in [0.4, 0.5) is 0 Å². The highest BCUT2D eigenvalue weighted by Gasteiger charge is 2.10. The van der Waals surface area contributed by atoms with E-state index in [-0.39, 0.29) is 6.10 Å². The lowest BCUT2D eigenvalue weighted by molar-refractivity contribution is 0.0627. The number of hydrogen-bond acceptors (Lipinski definition) is 2. The van der Waals surface area contributed by atoms with Crippen molar-refractivity contribution >= 4 is 0 Å². The summed E-state index contributed by atoms with van der Waals surface area (Å²) < 4.78 is 12.3. The summed E-state index contributed by atoms with van der Waals surface area (Å²) in [5.74, 6) is 0.968. The molecule has 2 nitrogen and oxygen atoms in total. The van der Waals surface area contributed by atoms with Crippen LogP contribution in [0.25, 0.3) is 22.3 Å². The van der Waals surface area contributed by atoms with Gasteiger partial charge >= 0.3 is 0 Å². The SMILES string of the molecule is CCCCCCCCCCCCCCOc1ccc(-c2ccccc2-c2ccc(C(C)OCCCCCCCCCCCC)cc2)cc1. The van der Waals surface area contributed by atoms with Crippen molar-refractivity contribution in [2.24, 2.45) is 0 Å². The molecule has 0 bridgehead atoms. The van der Waals surface area contributed by atoms with Gasteiger partial charge in [0, 0.05) is 6.61 Å². The van der Waals surface area contributed by atoms with E-state index in [9.17, 15) is 0 Å². The highest BCUT2D eigenvalue weighted by atomic mass is 16.5. The summed E-state index contributed by atoms with van der Waals surface area (Å²) >= 11 is 0. The van der Waals surface area contributed by atoms with Crippen molar-refractivity contribution in [3.8, 4) is 28.0 Å². The van der Waals surface area contributed by atoms with Crippen LogP contribution in [0.2, 0.25) is 0 Å². The largest absolute Gasteiger partial charge is 0.494 e. The Hall–Kier alpha value is -2.58. The molecule has 0 N–H and O–H groups in total. The molecule has 2 heteroatoms. The van der Waals surface area contributed by atoms with Crippen molar-refractivity contribution in [3.63, 3.8) is 0 Å². The Kier molecular flexibility index (Phi) is 21.8. The monoisotopic (exact) mass is 655 g/mol. The van der Waals surface area contributed by atoms with Crippen molar-refractivity contribution in [3.05, 3.63) is 78.4 Å². The Morgan fingerprint density at radius 3 is 1.23 bits per heavy atom. The summed E-state index contributed by atoms with van der Waals surface area (Å²) in [6, 6.07) is 26.4. The van der Waals surface area contributed by atoms with Gasteiger partial charge in [-0.3, -0.25) is 0 Å². The molecule has 0 saturated carbocycles. The molecule has 0 saturated heterocycles. The van der Waals surface area contributed by atoms with E-state index in [1.54, 1.807) is 0 Å². The molecule has 0 aromatic heterocycles. The third kappa shape index (κ3) is 16.7. The first-order valence-electron chi connectivity index (χ1n) is 20.3. The van der Waals surface area contributed by atoms with Gasteiger partial charge in [0.25, 0.3) is 0 Å². The molecule has 0 fully saturated rings. The van der Waals surface area contributed by atoms with E-state index < -0.39 is 0 Å². The van der Waals surface area contributed by atoms with Gasteiger partial charge in [-0.05, 0) is 59.7 Å². The summed E-state index contributed by atoms with van der Waals surface area (Å²) in [7, 11) is 0. The van der Waals surface area contributed by atoms with Crippen LogP contribution in [0.15, 0.2) is 72.8 Å². The molecule has 0 aliphatic rings. The minimum atomic E-state index is 0.121. The molecule has 0 spiro atoms. The Morgan fingerprint density at radius 2 is 0.792 bits per heavy atom. The molecule has 1 unspecified atom stereocenters. The van der Waals surface area contributed by atoms with Gasteiger partial charge < -0.3 is 9.47 Å². The third-order valence-corrected chi connectivity index (χ3v) is 9.92. The van der Waals surface area contributed by atoms with Crippen LogP contribution in [0.1, 0.15) is 174 Å².